The van der Waals surface area contributed by atoms with E-state index in [2.05, 4.69) is 37.3 Å². The van der Waals surface area contributed by atoms with Gasteiger partial charge in [0.2, 0.25) is 0 Å². The summed E-state index contributed by atoms with van der Waals surface area (Å²) >= 11 is 0. The summed E-state index contributed by atoms with van der Waals surface area (Å²) in [5, 5.41) is 6.68. The smallest absolute Gasteiger partial charge is 0.191 e. The van der Waals surface area contributed by atoms with Crippen molar-refractivity contribution in [3.8, 4) is 11.5 Å². The normalized spacial score (nSPS) is 11.2. The van der Waals surface area contributed by atoms with Gasteiger partial charge in [0.05, 0.1) is 20.8 Å². The molecule has 3 rings (SSSR count). The number of guanidine groups is 1. The second-order valence-electron chi connectivity index (χ2n) is 6.75. The minimum atomic E-state index is 0.593. The van der Waals surface area contributed by atoms with E-state index in [0.29, 0.717) is 6.54 Å². The topological polar surface area (TPSA) is 72.7 Å². The highest BCUT2D eigenvalue weighted by Crippen LogP contribution is 2.27. The Balaban J connectivity index is 1.50. The van der Waals surface area contributed by atoms with E-state index in [-0.39, 0.29) is 0 Å². The monoisotopic (exact) mass is 407 g/mol. The molecule has 1 aromatic heterocycles. The Kier molecular flexibility index (Phi) is 7.71. The molecule has 0 atom stereocenters. The van der Waals surface area contributed by atoms with Gasteiger partial charge in [-0.25, -0.2) is 4.98 Å². The molecule has 158 valence electrons. The quantitative estimate of drug-likeness (QED) is 0.422. The molecule has 0 aliphatic rings. The standard InChI is InChI=1S/C23H29N5O2/c1-24-23(26-12-11-18-9-10-20(29-2)21(15-18)30-3)27-16-22-25-13-14-28(22)17-19-7-5-4-6-8-19/h4-10,13-15H,11-12,16-17H2,1-3H3,(H2,24,26,27). The van der Waals surface area contributed by atoms with Gasteiger partial charge in [0.15, 0.2) is 17.5 Å². The number of ether oxygens (including phenoxy) is 2. The molecule has 0 saturated heterocycles. The number of hydrogen-bond acceptors (Lipinski definition) is 4. The van der Waals surface area contributed by atoms with Gasteiger partial charge in [-0.05, 0) is 29.7 Å². The molecule has 0 spiro atoms. The van der Waals surface area contributed by atoms with Crippen LogP contribution in [0.5, 0.6) is 11.5 Å². The maximum absolute atomic E-state index is 5.37. The third-order valence-corrected chi connectivity index (χ3v) is 4.79. The molecular formula is C23H29N5O2. The average Bonchev–Trinajstić information content (AvgIpc) is 3.23. The molecule has 0 aliphatic carbocycles. The molecule has 0 radical (unpaired) electrons. The van der Waals surface area contributed by atoms with E-state index in [0.717, 1.165) is 48.4 Å². The first-order valence-electron chi connectivity index (χ1n) is 9.93. The first-order chi connectivity index (χ1) is 14.7. The lowest BCUT2D eigenvalue weighted by molar-refractivity contribution is 0.354. The Morgan fingerprint density at radius 3 is 2.53 bits per heavy atom. The van der Waals surface area contributed by atoms with Gasteiger partial charge in [0.1, 0.15) is 5.82 Å². The number of nitrogens with zero attached hydrogens (tertiary/aromatic N) is 3. The van der Waals surface area contributed by atoms with Gasteiger partial charge < -0.3 is 24.7 Å². The number of rotatable bonds is 9. The fourth-order valence-corrected chi connectivity index (χ4v) is 3.18. The Morgan fingerprint density at radius 1 is 1.00 bits per heavy atom. The van der Waals surface area contributed by atoms with E-state index in [1.54, 1.807) is 21.3 Å². The summed E-state index contributed by atoms with van der Waals surface area (Å²) in [5.74, 6) is 3.17. The zero-order chi connectivity index (χ0) is 21.2. The predicted octanol–water partition coefficient (Wildman–Crippen LogP) is 2.86. The Bertz CT molecular complexity index is 953. The van der Waals surface area contributed by atoms with Crippen LogP contribution in [-0.2, 0) is 19.5 Å². The molecule has 7 nitrogen and oxygen atoms in total. The SMILES string of the molecule is CN=C(NCCc1ccc(OC)c(OC)c1)NCc1nccn1Cc1ccccc1. The highest BCUT2D eigenvalue weighted by atomic mass is 16.5. The minimum Gasteiger partial charge on any atom is -0.493 e. The highest BCUT2D eigenvalue weighted by Gasteiger charge is 2.07. The van der Waals surface area contributed by atoms with Crippen molar-refractivity contribution < 1.29 is 9.47 Å². The van der Waals surface area contributed by atoms with Crippen molar-refractivity contribution in [2.45, 2.75) is 19.5 Å². The van der Waals surface area contributed by atoms with E-state index in [9.17, 15) is 0 Å². The summed E-state index contributed by atoms with van der Waals surface area (Å²) in [7, 11) is 5.05. The van der Waals surface area contributed by atoms with Crippen LogP contribution >= 0.6 is 0 Å². The van der Waals surface area contributed by atoms with Crippen LogP contribution < -0.4 is 20.1 Å². The molecule has 1 heterocycles. The molecule has 7 heteroatoms. The molecule has 0 aliphatic heterocycles. The predicted molar refractivity (Wildman–Crippen MR) is 119 cm³/mol. The maximum atomic E-state index is 5.37. The van der Waals surface area contributed by atoms with Crippen molar-refractivity contribution in [1.82, 2.24) is 20.2 Å². The summed E-state index contributed by atoms with van der Waals surface area (Å²) in [4.78, 5) is 8.78. The van der Waals surface area contributed by atoms with Gasteiger partial charge >= 0.3 is 0 Å². The number of hydrogen-bond donors (Lipinski definition) is 2. The first kappa shape index (κ1) is 21.2. The lowest BCUT2D eigenvalue weighted by atomic mass is 10.1. The third kappa shape index (κ3) is 5.76. The van der Waals surface area contributed by atoms with Gasteiger partial charge in [-0.2, -0.15) is 0 Å². The molecule has 2 N–H and O–H groups in total. The van der Waals surface area contributed by atoms with Crippen LogP contribution in [0.3, 0.4) is 0 Å². The molecule has 0 unspecified atom stereocenters. The number of imidazole rings is 1. The molecule has 0 saturated carbocycles. The zero-order valence-corrected chi connectivity index (χ0v) is 17.8. The molecular weight excluding hydrogens is 378 g/mol. The van der Waals surface area contributed by atoms with E-state index in [4.69, 9.17) is 9.47 Å². The fourth-order valence-electron chi connectivity index (χ4n) is 3.18. The van der Waals surface area contributed by atoms with Crippen molar-refractivity contribution in [2.75, 3.05) is 27.8 Å². The summed E-state index contributed by atoms with van der Waals surface area (Å²) < 4.78 is 12.8. The highest BCUT2D eigenvalue weighted by molar-refractivity contribution is 5.79. The Labute approximate surface area is 177 Å². The van der Waals surface area contributed by atoms with Crippen LogP contribution in [-0.4, -0.2) is 43.3 Å². The summed E-state index contributed by atoms with van der Waals surface area (Å²) in [5.41, 5.74) is 2.41. The van der Waals surface area contributed by atoms with Crippen LogP contribution in [0.15, 0.2) is 65.9 Å². The van der Waals surface area contributed by atoms with Gasteiger partial charge in [-0.3, -0.25) is 4.99 Å². The summed E-state index contributed by atoms with van der Waals surface area (Å²) in [6, 6.07) is 16.3. The molecule has 0 bridgehead atoms. The van der Waals surface area contributed by atoms with E-state index >= 15 is 0 Å². The Hall–Kier alpha value is -3.48. The van der Waals surface area contributed by atoms with Crippen molar-refractivity contribution >= 4 is 5.96 Å². The number of benzene rings is 2. The second kappa shape index (κ2) is 10.9. The van der Waals surface area contributed by atoms with Crippen LogP contribution in [0.2, 0.25) is 0 Å². The van der Waals surface area contributed by atoms with Crippen molar-refractivity contribution in [1.29, 1.82) is 0 Å². The van der Waals surface area contributed by atoms with Gasteiger partial charge in [0.25, 0.3) is 0 Å². The molecule has 2 aromatic carbocycles. The number of aliphatic imine (C=N–C) groups is 1. The van der Waals surface area contributed by atoms with Crippen LogP contribution in [0, 0.1) is 0 Å². The average molecular weight is 408 g/mol. The number of methoxy groups -OCH3 is 2. The first-order valence-corrected chi connectivity index (χ1v) is 9.93. The maximum Gasteiger partial charge on any atom is 0.191 e. The van der Waals surface area contributed by atoms with Crippen LogP contribution in [0.25, 0.3) is 0 Å². The number of aromatic nitrogens is 2. The van der Waals surface area contributed by atoms with Crippen molar-refractivity contribution in [3.63, 3.8) is 0 Å². The third-order valence-electron chi connectivity index (χ3n) is 4.79. The number of nitrogens with one attached hydrogen (secondary N) is 2. The van der Waals surface area contributed by atoms with Crippen molar-refractivity contribution in [3.05, 3.63) is 77.9 Å². The van der Waals surface area contributed by atoms with Gasteiger partial charge in [0, 0.05) is 32.5 Å². The molecule has 3 aromatic rings. The summed E-state index contributed by atoms with van der Waals surface area (Å²) in [6.07, 6.45) is 4.66. The molecule has 30 heavy (non-hydrogen) atoms. The molecule has 0 amide bonds. The lowest BCUT2D eigenvalue weighted by Gasteiger charge is -2.14. The largest absolute Gasteiger partial charge is 0.493 e. The second-order valence-corrected chi connectivity index (χ2v) is 6.75. The fraction of sp³-hybridized carbons (Fsp3) is 0.304. The van der Waals surface area contributed by atoms with Gasteiger partial charge in [-0.15, -0.1) is 0 Å². The van der Waals surface area contributed by atoms with Crippen LogP contribution in [0.4, 0.5) is 0 Å². The van der Waals surface area contributed by atoms with Crippen molar-refractivity contribution in [2.24, 2.45) is 4.99 Å². The van der Waals surface area contributed by atoms with Crippen LogP contribution in [0.1, 0.15) is 17.0 Å². The van der Waals surface area contributed by atoms with E-state index < -0.39 is 0 Å². The zero-order valence-electron chi connectivity index (χ0n) is 17.8. The minimum absolute atomic E-state index is 0.593. The van der Waals surface area contributed by atoms with Gasteiger partial charge in [-0.1, -0.05) is 36.4 Å². The summed E-state index contributed by atoms with van der Waals surface area (Å²) in [6.45, 7) is 2.13. The Morgan fingerprint density at radius 2 is 1.80 bits per heavy atom. The molecule has 0 fully saturated rings. The van der Waals surface area contributed by atoms with E-state index in [1.165, 1.54) is 5.56 Å². The lowest BCUT2D eigenvalue weighted by Crippen LogP contribution is -2.38. The van der Waals surface area contributed by atoms with E-state index in [1.807, 2.05) is 48.8 Å².